The first kappa shape index (κ1) is 14.3. The maximum absolute atomic E-state index is 12.2. The van der Waals surface area contributed by atoms with E-state index in [9.17, 15) is 9.59 Å². The number of carboxylic acid groups (broad SMARTS) is 1. The molecule has 1 rings (SSSR count). The van der Waals surface area contributed by atoms with Crippen molar-refractivity contribution >= 4 is 12.0 Å². The third kappa shape index (κ3) is 3.62. The van der Waals surface area contributed by atoms with E-state index in [1.165, 1.54) is 0 Å². The highest BCUT2D eigenvalue weighted by molar-refractivity contribution is 5.76. The van der Waals surface area contributed by atoms with E-state index >= 15 is 0 Å². The lowest BCUT2D eigenvalue weighted by Gasteiger charge is -2.34. The summed E-state index contributed by atoms with van der Waals surface area (Å²) in [4.78, 5) is 26.3. The molecule has 0 radical (unpaired) electrons. The van der Waals surface area contributed by atoms with E-state index in [0.717, 1.165) is 6.42 Å². The molecule has 1 saturated heterocycles. The average molecular weight is 253 g/mol. The van der Waals surface area contributed by atoms with Crippen LogP contribution >= 0.6 is 0 Å². The molecule has 1 fully saturated rings. The van der Waals surface area contributed by atoms with Crippen LogP contribution in [0.5, 0.6) is 0 Å². The number of hydrogen-bond donors (Lipinski definition) is 1. The summed E-state index contributed by atoms with van der Waals surface area (Å²) in [5.41, 5.74) is 0. The van der Waals surface area contributed by atoms with Gasteiger partial charge in [-0.3, -0.25) is 4.79 Å². The zero-order valence-corrected chi connectivity index (χ0v) is 10.6. The molecule has 0 bridgehead atoms. The molecule has 6 heteroatoms. The predicted octanol–water partition coefficient (Wildman–Crippen LogP) is 1.14. The monoisotopic (exact) mass is 253 g/mol. The van der Waals surface area contributed by atoms with Gasteiger partial charge in [0.15, 0.2) is 0 Å². The van der Waals surface area contributed by atoms with E-state index in [-0.39, 0.29) is 12.6 Å². The third-order valence-electron chi connectivity index (χ3n) is 3.19. The van der Waals surface area contributed by atoms with Gasteiger partial charge in [0.25, 0.3) is 0 Å². The Morgan fingerprint density at radius 2 is 2.28 bits per heavy atom. The van der Waals surface area contributed by atoms with Crippen LogP contribution in [0, 0.1) is 17.2 Å². The van der Waals surface area contributed by atoms with Crippen LogP contribution in [0.3, 0.4) is 0 Å². The van der Waals surface area contributed by atoms with Crippen LogP contribution in [-0.4, -0.2) is 53.1 Å². The normalized spacial score (nSPS) is 19.1. The van der Waals surface area contributed by atoms with Gasteiger partial charge in [-0.1, -0.05) is 0 Å². The van der Waals surface area contributed by atoms with E-state index in [1.54, 1.807) is 9.80 Å². The van der Waals surface area contributed by atoms with Gasteiger partial charge in [-0.05, 0) is 19.8 Å². The Balaban J connectivity index is 2.59. The van der Waals surface area contributed by atoms with Crippen LogP contribution in [0.2, 0.25) is 0 Å². The Kier molecular flexibility index (Phi) is 5.43. The molecule has 0 spiro atoms. The molecule has 1 aliphatic rings. The van der Waals surface area contributed by atoms with Gasteiger partial charge in [0.2, 0.25) is 0 Å². The molecule has 0 aromatic carbocycles. The van der Waals surface area contributed by atoms with Gasteiger partial charge in [0.1, 0.15) is 0 Å². The standard InChI is InChI=1S/C12H19N3O3/c1-2-14(8-4-6-13)12(18)15-7-3-5-10(9-15)11(16)17/h10H,2-5,7-9H2,1H3,(H,16,17)/t10-/m1/s1. The van der Waals surface area contributed by atoms with E-state index in [4.69, 9.17) is 10.4 Å². The first-order valence-corrected chi connectivity index (χ1v) is 6.23. The van der Waals surface area contributed by atoms with Crippen LogP contribution in [0.15, 0.2) is 0 Å². The number of amides is 2. The number of hydrogen-bond acceptors (Lipinski definition) is 3. The number of carbonyl (C=O) groups is 2. The summed E-state index contributed by atoms with van der Waals surface area (Å²) in [5.74, 6) is -1.30. The smallest absolute Gasteiger partial charge is 0.320 e. The first-order chi connectivity index (χ1) is 8.60. The van der Waals surface area contributed by atoms with Crippen LogP contribution in [0.25, 0.3) is 0 Å². The van der Waals surface area contributed by atoms with E-state index < -0.39 is 11.9 Å². The molecular formula is C12H19N3O3. The number of piperidine rings is 1. The lowest BCUT2D eigenvalue weighted by atomic mass is 9.99. The van der Waals surface area contributed by atoms with Crippen molar-refractivity contribution in [1.29, 1.82) is 5.26 Å². The summed E-state index contributed by atoms with van der Waals surface area (Å²) in [5, 5.41) is 17.5. The van der Waals surface area contributed by atoms with Crippen molar-refractivity contribution in [3.05, 3.63) is 0 Å². The molecule has 0 unspecified atom stereocenters. The lowest BCUT2D eigenvalue weighted by Crippen LogP contribution is -2.49. The molecule has 0 saturated carbocycles. The second-order valence-electron chi connectivity index (χ2n) is 4.39. The SMILES string of the molecule is CCN(CCC#N)C(=O)N1CCC[C@@H](C(=O)O)C1. The van der Waals surface area contributed by atoms with Crippen molar-refractivity contribution in [2.75, 3.05) is 26.2 Å². The summed E-state index contributed by atoms with van der Waals surface area (Å²) >= 11 is 0. The number of carbonyl (C=O) groups excluding carboxylic acids is 1. The fraction of sp³-hybridized carbons (Fsp3) is 0.750. The topological polar surface area (TPSA) is 84.6 Å². The van der Waals surface area contributed by atoms with Gasteiger partial charge in [-0.2, -0.15) is 5.26 Å². The third-order valence-corrected chi connectivity index (χ3v) is 3.19. The summed E-state index contributed by atoms with van der Waals surface area (Å²) in [6.45, 7) is 3.67. The van der Waals surface area contributed by atoms with Crippen molar-refractivity contribution in [2.24, 2.45) is 5.92 Å². The minimum Gasteiger partial charge on any atom is -0.481 e. The zero-order chi connectivity index (χ0) is 13.5. The summed E-state index contributed by atoms with van der Waals surface area (Å²) in [7, 11) is 0. The second-order valence-corrected chi connectivity index (χ2v) is 4.39. The Morgan fingerprint density at radius 3 is 2.83 bits per heavy atom. The number of nitrogens with zero attached hydrogens (tertiary/aromatic N) is 3. The van der Waals surface area contributed by atoms with Gasteiger partial charge >= 0.3 is 12.0 Å². The fourth-order valence-electron chi connectivity index (χ4n) is 2.13. The number of carboxylic acids is 1. The maximum atomic E-state index is 12.2. The first-order valence-electron chi connectivity index (χ1n) is 6.23. The highest BCUT2D eigenvalue weighted by Gasteiger charge is 2.29. The molecule has 0 aliphatic carbocycles. The Morgan fingerprint density at radius 1 is 1.56 bits per heavy atom. The molecular weight excluding hydrogens is 234 g/mol. The van der Waals surface area contributed by atoms with Gasteiger partial charge in [0, 0.05) is 26.2 Å². The van der Waals surface area contributed by atoms with Crippen molar-refractivity contribution < 1.29 is 14.7 Å². The summed E-state index contributed by atoms with van der Waals surface area (Å²) in [6.07, 6.45) is 1.65. The van der Waals surface area contributed by atoms with Crippen molar-refractivity contribution in [2.45, 2.75) is 26.2 Å². The maximum Gasteiger partial charge on any atom is 0.320 e. The molecule has 1 heterocycles. The highest BCUT2D eigenvalue weighted by Crippen LogP contribution is 2.18. The van der Waals surface area contributed by atoms with Crippen molar-refractivity contribution in [3.8, 4) is 6.07 Å². The molecule has 18 heavy (non-hydrogen) atoms. The highest BCUT2D eigenvalue weighted by atomic mass is 16.4. The average Bonchev–Trinajstić information content (AvgIpc) is 2.39. The fourth-order valence-corrected chi connectivity index (χ4v) is 2.13. The van der Waals surface area contributed by atoms with Crippen LogP contribution in [0.4, 0.5) is 4.79 Å². The molecule has 1 aliphatic heterocycles. The Bertz CT molecular complexity index is 351. The Hall–Kier alpha value is -1.77. The van der Waals surface area contributed by atoms with Gasteiger partial charge in [-0.15, -0.1) is 0 Å². The number of urea groups is 1. The van der Waals surface area contributed by atoms with Gasteiger partial charge in [0.05, 0.1) is 18.4 Å². The quantitative estimate of drug-likeness (QED) is 0.814. The van der Waals surface area contributed by atoms with Crippen LogP contribution in [-0.2, 0) is 4.79 Å². The number of likely N-dealkylation sites (tertiary alicyclic amines) is 1. The Labute approximate surface area is 107 Å². The predicted molar refractivity (Wildman–Crippen MR) is 64.8 cm³/mol. The van der Waals surface area contributed by atoms with Gasteiger partial charge < -0.3 is 14.9 Å². The lowest BCUT2D eigenvalue weighted by molar-refractivity contribution is -0.143. The van der Waals surface area contributed by atoms with E-state index in [2.05, 4.69) is 0 Å². The minimum absolute atomic E-state index is 0.154. The molecule has 2 amide bonds. The van der Waals surface area contributed by atoms with Crippen molar-refractivity contribution in [3.63, 3.8) is 0 Å². The molecule has 0 aromatic heterocycles. The molecule has 6 nitrogen and oxygen atoms in total. The number of rotatable bonds is 4. The summed E-state index contributed by atoms with van der Waals surface area (Å²) in [6, 6.07) is 1.86. The molecule has 100 valence electrons. The van der Waals surface area contributed by atoms with Gasteiger partial charge in [-0.25, -0.2) is 4.79 Å². The van der Waals surface area contributed by atoms with Crippen LogP contribution < -0.4 is 0 Å². The zero-order valence-electron chi connectivity index (χ0n) is 10.6. The molecule has 1 atom stereocenters. The largest absolute Gasteiger partial charge is 0.481 e. The van der Waals surface area contributed by atoms with E-state index in [0.29, 0.717) is 32.5 Å². The van der Waals surface area contributed by atoms with E-state index in [1.807, 2.05) is 13.0 Å². The second kappa shape index (κ2) is 6.84. The minimum atomic E-state index is -0.840. The number of nitriles is 1. The molecule has 0 aromatic rings. The molecule has 1 N–H and O–H groups in total. The van der Waals surface area contributed by atoms with Crippen molar-refractivity contribution in [1.82, 2.24) is 9.80 Å². The number of aliphatic carboxylic acids is 1. The van der Waals surface area contributed by atoms with Crippen LogP contribution in [0.1, 0.15) is 26.2 Å². The summed E-state index contributed by atoms with van der Waals surface area (Å²) < 4.78 is 0.